The molecular formula is C22H29N3O3. The van der Waals surface area contributed by atoms with Crippen LogP contribution in [0.15, 0.2) is 48.5 Å². The van der Waals surface area contributed by atoms with E-state index in [9.17, 15) is 9.90 Å². The minimum atomic E-state index is -0.374. The molecule has 0 spiro atoms. The van der Waals surface area contributed by atoms with Gasteiger partial charge in [0.05, 0.1) is 18.8 Å². The summed E-state index contributed by atoms with van der Waals surface area (Å²) in [7, 11) is 0. The van der Waals surface area contributed by atoms with Gasteiger partial charge >= 0.3 is 0 Å². The van der Waals surface area contributed by atoms with E-state index in [0.717, 1.165) is 62.6 Å². The summed E-state index contributed by atoms with van der Waals surface area (Å²) in [5.74, 6) is 0.396. The molecule has 0 radical (unpaired) electrons. The van der Waals surface area contributed by atoms with Crippen molar-refractivity contribution in [2.24, 2.45) is 5.73 Å². The van der Waals surface area contributed by atoms with Gasteiger partial charge < -0.3 is 20.5 Å². The third kappa shape index (κ3) is 5.24. The predicted octanol–water partition coefficient (Wildman–Crippen LogP) is 2.26. The molecule has 0 atom stereocenters. The van der Waals surface area contributed by atoms with Crippen LogP contribution in [0.1, 0.15) is 28.8 Å². The Morgan fingerprint density at radius 3 is 2.46 bits per heavy atom. The molecule has 2 aromatic rings. The van der Waals surface area contributed by atoms with Crippen molar-refractivity contribution in [3.05, 3.63) is 59.7 Å². The Bertz CT molecular complexity index is 773. The molecule has 6 heteroatoms. The van der Waals surface area contributed by atoms with E-state index in [-0.39, 0.29) is 12.5 Å². The number of benzene rings is 2. The summed E-state index contributed by atoms with van der Waals surface area (Å²) in [6.45, 7) is 5.43. The van der Waals surface area contributed by atoms with Gasteiger partial charge in [-0.3, -0.25) is 9.69 Å². The van der Waals surface area contributed by atoms with E-state index in [0.29, 0.717) is 12.2 Å². The van der Waals surface area contributed by atoms with Gasteiger partial charge in [-0.15, -0.1) is 0 Å². The maximum Gasteiger partial charge on any atom is 0.250 e. The number of carbonyl (C=O) groups excluding carboxylic acids is 1. The normalized spacial score (nSPS) is 14.8. The van der Waals surface area contributed by atoms with Gasteiger partial charge in [0.25, 0.3) is 5.91 Å². The number of ether oxygens (including phenoxy) is 1. The number of carbonyl (C=O) groups is 1. The molecule has 3 N–H and O–H groups in total. The molecule has 0 bridgehead atoms. The quantitative estimate of drug-likeness (QED) is 0.650. The molecule has 1 heterocycles. The molecule has 1 aliphatic heterocycles. The summed E-state index contributed by atoms with van der Waals surface area (Å²) >= 11 is 0. The van der Waals surface area contributed by atoms with Gasteiger partial charge in [0.2, 0.25) is 0 Å². The van der Waals surface area contributed by atoms with Gasteiger partial charge in [0.15, 0.2) is 0 Å². The summed E-state index contributed by atoms with van der Waals surface area (Å²) in [5.41, 5.74) is 7.86. The van der Waals surface area contributed by atoms with Crippen LogP contribution in [0.2, 0.25) is 0 Å². The Hall–Kier alpha value is -2.57. The number of primary amides is 1. The van der Waals surface area contributed by atoms with Crippen molar-refractivity contribution < 1.29 is 14.6 Å². The third-order valence-electron chi connectivity index (χ3n) is 5.15. The molecule has 150 valence electrons. The topological polar surface area (TPSA) is 79.0 Å². The molecule has 2 aromatic carbocycles. The zero-order valence-electron chi connectivity index (χ0n) is 16.2. The zero-order valence-corrected chi connectivity index (χ0v) is 16.2. The minimum Gasteiger partial charge on any atom is -0.493 e. The van der Waals surface area contributed by atoms with Gasteiger partial charge in [-0.2, -0.15) is 0 Å². The molecule has 1 saturated heterocycles. The number of anilines is 1. The number of amides is 1. The van der Waals surface area contributed by atoms with Gasteiger partial charge in [-0.25, -0.2) is 0 Å². The highest BCUT2D eigenvalue weighted by Gasteiger charge is 2.20. The fourth-order valence-electron chi connectivity index (χ4n) is 3.56. The average Bonchev–Trinajstić information content (AvgIpc) is 2.74. The molecule has 28 heavy (non-hydrogen) atoms. The van der Waals surface area contributed by atoms with Crippen LogP contribution in [0.4, 0.5) is 5.69 Å². The highest BCUT2D eigenvalue weighted by molar-refractivity contribution is 5.98. The molecule has 1 aliphatic rings. The van der Waals surface area contributed by atoms with E-state index in [1.54, 1.807) is 6.07 Å². The predicted molar refractivity (Wildman–Crippen MR) is 111 cm³/mol. The zero-order chi connectivity index (χ0) is 19.8. The highest BCUT2D eigenvalue weighted by Crippen LogP contribution is 2.22. The summed E-state index contributed by atoms with van der Waals surface area (Å²) < 4.78 is 5.80. The Balaban J connectivity index is 1.38. The largest absolute Gasteiger partial charge is 0.493 e. The minimum absolute atomic E-state index is 0.000662. The first-order valence-corrected chi connectivity index (χ1v) is 9.86. The number of para-hydroxylation sites is 2. The SMILES string of the molecule is NC(=O)c1ccccc1N1CCN(CCCCOc2ccccc2CO)CC1. The van der Waals surface area contributed by atoms with Crippen LogP contribution < -0.4 is 15.4 Å². The molecule has 1 fully saturated rings. The van der Waals surface area contributed by atoms with Crippen molar-refractivity contribution in [3.63, 3.8) is 0 Å². The lowest BCUT2D eigenvalue weighted by molar-refractivity contribution is 0.100. The molecule has 3 rings (SSSR count). The first-order valence-electron chi connectivity index (χ1n) is 9.86. The maximum atomic E-state index is 11.6. The van der Waals surface area contributed by atoms with Crippen molar-refractivity contribution in [1.82, 2.24) is 4.90 Å². The van der Waals surface area contributed by atoms with Crippen LogP contribution in [-0.2, 0) is 6.61 Å². The molecular weight excluding hydrogens is 354 g/mol. The van der Waals surface area contributed by atoms with Crippen LogP contribution in [-0.4, -0.2) is 55.2 Å². The lowest BCUT2D eigenvalue weighted by Gasteiger charge is -2.36. The number of rotatable bonds is 9. The summed E-state index contributed by atoms with van der Waals surface area (Å²) in [6.07, 6.45) is 2.05. The van der Waals surface area contributed by atoms with Crippen LogP contribution in [0, 0.1) is 0 Å². The number of aliphatic hydroxyl groups excluding tert-OH is 1. The Labute approximate surface area is 166 Å². The van der Waals surface area contributed by atoms with Gasteiger partial charge in [-0.1, -0.05) is 30.3 Å². The molecule has 0 unspecified atom stereocenters. The van der Waals surface area contributed by atoms with Gasteiger partial charge in [0.1, 0.15) is 5.75 Å². The summed E-state index contributed by atoms with van der Waals surface area (Å²) in [6, 6.07) is 15.2. The second kappa shape index (κ2) is 10.1. The highest BCUT2D eigenvalue weighted by atomic mass is 16.5. The molecule has 1 amide bonds. The van der Waals surface area contributed by atoms with Crippen LogP contribution in [0.3, 0.4) is 0 Å². The maximum absolute atomic E-state index is 11.6. The smallest absolute Gasteiger partial charge is 0.250 e. The molecule has 0 aliphatic carbocycles. The van der Waals surface area contributed by atoms with Crippen molar-refractivity contribution in [2.75, 3.05) is 44.2 Å². The number of aliphatic hydroxyl groups is 1. The molecule has 0 aromatic heterocycles. The standard InChI is InChI=1S/C22H29N3O3/c23-22(27)19-8-2-3-9-20(19)25-14-12-24(13-15-25)11-5-6-16-28-21-10-4-1-7-18(21)17-26/h1-4,7-10,26H,5-6,11-17H2,(H2,23,27). The average molecular weight is 383 g/mol. The second-order valence-electron chi connectivity index (χ2n) is 7.03. The van der Waals surface area contributed by atoms with Gasteiger partial charge in [0, 0.05) is 37.4 Å². The van der Waals surface area contributed by atoms with Crippen molar-refractivity contribution >= 4 is 11.6 Å². The van der Waals surface area contributed by atoms with E-state index in [4.69, 9.17) is 10.5 Å². The van der Waals surface area contributed by atoms with Crippen LogP contribution >= 0.6 is 0 Å². The lowest BCUT2D eigenvalue weighted by Crippen LogP contribution is -2.47. The number of unbranched alkanes of at least 4 members (excludes halogenated alkanes) is 1. The fourth-order valence-corrected chi connectivity index (χ4v) is 3.56. The number of nitrogens with two attached hydrogens (primary N) is 1. The summed E-state index contributed by atoms with van der Waals surface area (Å²) in [4.78, 5) is 16.3. The third-order valence-corrected chi connectivity index (χ3v) is 5.15. The monoisotopic (exact) mass is 383 g/mol. The lowest BCUT2D eigenvalue weighted by atomic mass is 10.1. The van der Waals surface area contributed by atoms with E-state index < -0.39 is 0 Å². The van der Waals surface area contributed by atoms with Crippen molar-refractivity contribution in [1.29, 1.82) is 0 Å². The van der Waals surface area contributed by atoms with E-state index >= 15 is 0 Å². The fraction of sp³-hybridized carbons (Fsp3) is 0.409. The van der Waals surface area contributed by atoms with E-state index in [1.807, 2.05) is 42.5 Å². The van der Waals surface area contributed by atoms with Crippen LogP contribution in [0.25, 0.3) is 0 Å². The first-order chi connectivity index (χ1) is 13.7. The van der Waals surface area contributed by atoms with E-state index in [1.165, 1.54) is 0 Å². The second-order valence-corrected chi connectivity index (χ2v) is 7.03. The van der Waals surface area contributed by atoms with Crippen molar-refractivity contribution in [3.8, 4) is 5.75 Å². The number of hydrogen-bond donors (Lipinski definition) is 2. The first kappa shape index (κ1) is 20.2. The van der Waals surface area contributed by atoms with Gasteiger partial charge in [-0.05, 0) is 37.6 Å². The van der Waals surface area contributed by atoms with E-state index in [2.05, 4.69) is 9.80 Å². The van der Waals surface area contributed by atoms with Crippen molar-refractivity contribution in [2.45, 2.75) is 19.4 Å². The molecule has 6 nitrogen and oxygen atoms in total. The number of nitrogens with zero attached hydrogens (tertiary/aromatic N) is 2. The summed E-state index contributed by atoms with van der Waals surface area (Å²) in [5, 5.41) is 9.33. The number of piperazine rings is 1. The Morgan fingerprint density at radius 1 is 1.00 bits per heavy atom. The Morgan fingerprint density at radius 2 is 1.71 bits per heavy atom. The molecule has 0 saturated carbocycles. The van der Waals surface area contributed by atoms with Crippen LogP contribution in [0.5, 0.6) is 5.75 Å². The number of hydrogen-bond acceptors (Lipinski definition) is 5. The Kier molecular flexibility index (Phi) is 7.28.